The van der Waals surface area contributed by atoms with Crippen LogP contribution in [0.5, 0.6) is 0 Å². The Balaban J connectivity index is 2.20. The number of furan rings is 1. The third kappa shape index (κ3) is 1.45. The lowest BCUT2D eigenvalue weighted by Gasteiger charge is -2.16. The van der Waals surface area contributed by atoms with Crippen LogP contribution in [0.15, 0.2) is 34.5 Å². The summed E-state index contributed by atoms with van der Waals surface area (Å²) in [5, 5.41) is 0. The van der Waals surface area contributed by atoms with Gasteiger partial charge in [-0.2, -0.15) is 0 Å². The molecular formula is C11H14O. The first-order valence-electron chi connectivity index (χ1n) is 4.57. The van der Waals surface area contributed by atoms with Gasteiger partial charge in [-0.15, -0.1) is 0 Å². The molecule has 0 aliphatic heterocycles. The summed E-state index contributed by atoms with van der Waals surface area (Å²) in [6.07, 6.45) is 7.89. The van der Waals surface area contributed by atoms with Crippen LogP contribution in [-0.2, 0) is 0 Å². The highest BCUT2D eigenvalue weighted by Crippen LogP contribution is 2.30. The molecule has 2 rings (SSSR count). The van der Waals surface area contributed by atoms with E-state index in [1.807, 2.05) is 6.07 Å². The standard InChI is InChI=1S/C11H14O/c1-9-4-2-5-10(8-9)11-6-3-7-12-11/h3,6-8,10H,2,4-5H2,1H3. The molecule has 1 aromatic rings. The first kappa shape index (κ1) is 7.66. The van der Waals surface area contributed by atoms with Gasteiger partial charge in [0.1, 0.15) is 5.76 Å². The molecule has 1 heteroatoms. The van der Waals surface area contributed by atoms with Gasteiger partial charge in [0.2, 0.25) is 0 Å². The molecule has 1 atom stereocenters. The average molecular weight is 162 g/mol. The van der Waals surface area contributed by atoms with Gasteiger partial charge in [-0.1, -0.05) is 11.6 Å². The molecule has 1 aliphatic carbocycles. The molecular weight excluding hydrogens is 148 g/mol. The van der Waals surface area contributed by atoms with E-state index < -0.39 is 0 Å². The lowest BCUT2D eigenvalue weighted by molar-refractivity contribution is 0.464. The Bertz CT molecular complexity index is 269. The molecule has 64 valence electrons. The summed E-state index contributed by atoms with van der Waals surface area (Å²) in [7, 11) is 0. The van der Waals surface area contributed by atoms with E-state index in [1.165, 1.54) is 24.8 Å². The average Bonchev–Trinajstić information content (AvgIpc) is 2.56. The minimum atomic E-state index is 0.536. The van der Waals surface area contributed by atoms with Crippen molar-refractivity contribution in [2.24, 2.45) is 0 Å². The van der Waals surface area contributed by atoms with Gasteiger partial charge in [0, 0.05) is 5.92 Å². The topological polar surface area (TPSA) is 13.1 Å². The summed E-state index contributed by atoms with van der Waals surface area (Å²) in [4.78, 5) is 0. The lowest BCUT2D eigenvalue weighted by atomic mass is 9.90. The molecule has 0 aromatic carbocycles. The van der Waals surface area contributed by atoms with E-state index in [1.54, 1.807) is 6.26 Å². The van der Waals surface area contributed by atoms with Crippen LogP contribution in [0.1, 0.15) is 37.9 Å². The van der Waals surface area contributed by atoms with Crippen LogP contribution < -0.4 is 0 Å². The Morgan fingerprint density at radius 2 is 2.42 bits per heavy atom. The fourth-order valence-corrected chi connectivity index (χ4v) is 1.84. The molecule has 0 saturated carbocycles. The Morgan fingerprint density at radius 3 is 3.08 bits per heavy atom. The number of allylic oxidation sites excluding steroid dienone is 2. The smallest absolute Gasteiger partial charge is 0.110 e. The fourth-order valence-electron chi connectivity index (χ4n) is 1.84. The van der Waals surface area contributed by atoms with E-state index in [2.05, 4.69) is 19.1 Å². The Hall–Kier alpha value is -0.980. The molecule has 0 radical (unpaired) electrons. The van der Waals surface area contributed by atoms with Crippen molar-refractivity contribution in [3.05, 3.63) is 35.8 Å². The van der Waals surface area contributed by atoms with Gasteiger partial charge in [0.25, 0.3) is 0 Å². The Kier molecular flexibility index (Phi) is 2.03. The van der Waals surface area contributed by atoms with E-state index in [-0.39, 0.29) is 0 Å². The summed E-state index contributed by atoms with van der Waals surface area (Å²) >= 11 is 0. The zero-order valence-electron chi connectivity index (χ0n) is 7.42. The first-order chi connectivity index (χ1) is 5.86. The Morgan fingerprint density at radius 1 is 1.50 bits per heavy atom. The van der Waals surface area contributed by atoms with Gasteiger partial charge in [-0.25, -0.2) is 0 Å². The predicted octanol–water partition coefficient (Wildman–Crippen LogP) is 3.49. The van der Waals surface area contributed by atoms with Crippen LogP contribution in [-0.4, -0.2) is 0 Å². The second-order valence-electron chi connectivity index (χ2n) is 3.53. The van der Waals surface area contributed by atoms with Crippen molar-refractivity contribution in [2.75, 3.05) is 0 Å². The maximum atomic E-state index is 5.38. The zero-order chi connectivity index (χ0) is 8.39. The number of rotatable bonds is 1. The molecule has 1 heterocycles. The van der Waals surface area contributed by atoms with E-state index in [0.29, 0.717) is 5.92 Å². The molecule has 0 amide bonds. The van der Waals surface area contributed by atoms with Crippen molar-refractivity contribution >= 4 is 0 Å². The third-order valence-electron chi connectivity index (χ3n) is 2.48. The number of hydrogen-bond donors (Lipinski definition) is 0. The zero-order valence-corrected chi connectivity index (χ0v) is 7.42. The van der Waals surface area contributed by atoms with E-state index in [0.717, 1.165) is 5.76 Å². The minimum absolute atomic E-state index is 0.536. The molecule has 0 saturated heterocycles. The van der Waals surface area contributed by atoms with Crippen molar-refractivity contribution in [2.45, 2.75) is 32.1 Å². The van der Waals surface area contributed by atoms with Crippen LogP contribution in [0, 0.1) is 0 Å². The first-order valence-corrected chi connectivity index (χ1v) is 4.57. The van der Waals surface area contributed by atoms with Crippen LogP contribution in [0.25, 0.3) is 0 Å². The van der Waals surface area contributed by atoms with Crippen molar-refractivity contribution in [3.8, 4) is 0 Å². The van der Waals surface area contributed by atoms with Gasteiger partial charge in [-0.05, 0) is 38.3 Å². The quantitative estimate of drug-likeness (QED) is 0.576. The highest BCUT2D eigenvalue weighted by atomic mass is 16.3. The van der Waals surface area contributed by atoms with Crippen molar-refractivity contribution in [3.63, 3.8) is 0 Å². The van der Waals surface area contributed by atoms with Gasteiger partial charge in [0.05, 0.1) is 6.26 Å². The van der Waals surface area contributed by atoms with Crippen LogP contribution >= 0.6 is 0 Å². The highest BCUT2D eigenvalue weighted by molar-refractivity contribution is 5.18. The summed E-state index contributed by atoms with van der Waals surface area (Å²) < 4.78 is 5.38. The van der Waals surface area contributed by atoms with Gasteiger partial charge in [0.15, 0.2) is 0 Å². The maximum Gasteiger partial charge on any atom is 0.110 e. The van der Waals surface area contributed by atoms with Crippen LogP contribution in [0.2, 0.25) is 0 Å². The van der Waals surface area contributed by atoms with E-state index in [9.17, 15) is 0 Å². The fraction of sp³-hybridized carbons (Fsp3) is 0.455. The van der Waals surface area contributed by atoms with Crippen LogP contribution in [0.4, 0.5) is 0 Å². The normalized spacial score (nSPS) is 23.8. The van der Waals surface area contributed by atoms with E-state index in [4.69, 9.17) is 4.42 Å². The molecule has 1 aromatic heterocycles. The van der Waals surface area contributed by atoms with Crippen LogP contribution in [0.3, 0.4) is 0 Å². The van der Waals surface area contributed by atoms with Crippen molar-refractivity contribution < 1.29 is 4.42 Å². The molecule has 0 N–H and O–H groups in total. The lowest BCUT2D eigenvalue weighted by Crippen LogP contribution is -2.00. The molecule has 0 spiro atoms. The number of hydrogen-bond acceptors (Lipinski definition) is 1. The van der Waals surface area contributed by atoms with Crippen molar-refractivity contribution in [1.82, 2.24) is 0 Å². The molecule has 12 heavy (non-hydrogen) atoms. The predicted molar refractivity (Wildman–Crippen MR) is 49.1 cm³/mol. The molecule has 0 bridgehead atoms. The monoisotopic (exact) mass is 162 g/mol. The summed E-state index contributed by atoms with van der Waals surface area (Å²) in [6, 6.07) is 4.03. The largest absolute Gasteiger partial charge is 0.469 e. The van der Waals surface area contributed by atoms with Gasteiger partial charge >= 0.3 is 0 Å². The third-order valence-corrected chi connectivity index (χ3v) is 2.48. The summed E-state index contributed by atoms with van der Waals surface area (Å²) in [6.45, 7) is 2.20. The molecule has 1 nitrogen and oxygen atoms in total. The maximum absolute atomic E-state index is 5.38. The molecule has 1 unspecified atom stereocenters. The SMILES string of the molecule is CC1=CC(c2ccco2)CCC1. The van der Waals surface area contributed by atoms with Gasteiger partial charge in [-0.3, -0.25) is 0 Å². The summed E-state index contributed by atoms with van der Waals surface area (Å²) in [5.41, 5.74) is 1.50. The second-order valence-corrected chi connectivity index (χ2v) is 3.53. The van der Waals surface area contributed by atoms with Gasteiger partial charge < -0.3 is 4.42 Å². The summed E-state index contributed by atoms with van der Waals surface area (Å²) in [5.74, 6) is 1.66. The highest BCUT2D eigenvalue weighted by Gasteiger charge is 2.15. The molecule has 1 aliphatic rings. The molecule has 0 fully saturated rings. The minimum Gasteiger partial charge on any atom is -0.469 e. The Labute approximate surface area is 73.1 Å². The van der Waals surface area contributed by atoms with Crippen molar-refractivity contribution in [1.29, 1.82) is 0 Å². The second kappa shape index (κ2) is 3.18. The van der Waals surface area contributed by atoms with E-state index >= 15 is 0 Å².